The third kappa shape index (κ3) is 2.19. The Labute approximate surface area is 158 Å². The number of allylic oxidation sites excluding steroid dienone is 1. The summed E-state index contributed by atoms with van der Waals surface area (Å²) in [7, 11) is 0. The van der Waals surface area contributed by atoms with E-state index in [1.807, 2.05) is 0 Å². The van der Waals surface area contributed by atoms with Crippen LogP contribution in [0.4, 0.5) is 0 Å². The monoisotopic (exact) mass is 378 g/mol. The van der Waals surface area contributed by atoms with Crippen molar-refractivity contribution in [2.45, 2.75) is 64.1 Å². The van der Waals surface area contributed by atoms with E-state index < -0.39 is 46.8 Å². The molecule has 7 nitrogen and oxygen atoms in total. The van der Waals surface area contributed by atoms with Gasteiger partial charge in [-0.05, 0) is 39.7 Å². The van der Waals surface area contributed by atoms with Gasteiger partial charge in [0.05, 0.1) is 12.7 Å². The average Bonchev–Trinajstić information content (AvgIpc) is 3.14. The summed E-state index contributed by atoms with van der Waals surface area (Å²) >= 11 is 0. The van der Waals surface area contributed by atoms with E-state index in [1.54, 1.807) is 33.8 Å². The Morgan fingerprint density at radius 2 is 2.04 bits per heavy atom. The van der Waals surface area contributed by atoms with Crippen molar-refractivity contribution in [3.8, 4) is 0 Å². The molecule has 0 radical (unpaired) electrons. The van der Waals surface area contributed by atoms with Gasteiger partial charge in [-0.15, -0.1) is 0 Å². The first-order chi connectivity index (χ1) is 12.6. The quantitative estimate of drug-likeness (QED) is 0.550. The third-order valence-electron chi connectivity index (χ3n) is 7.01. The summed E-state index contributed by atoms with van der Waals surface area (Å²) in [6, 6.07) is 0. The highest BCUT2D eigenvalue weighted by atomic mass is 16.7. The summed E-state index contributed by atoms with van der Waals surface area (Å²) in [5.74, 6) is -3.00. The van der Waals surface area contributed by atoms with Crippen molar-refractivity contribution in [3.63, 3.8) is 0 Å². The Hall–Kier alpha value is -1.70. The van der Waals surface area contributed by atoms with Gasteiger partial charge < -0.3 is 24.4 Å². The molecule has 0 spiro atoms. The molecule has 7 atom stereocenters. The number of aliphatic hydroxyl groups is 2. The number of fused-ring (bicyclic) bond motifs is 2. The van der Waals surface area contributed by atoms with Crippen molar-refractivity contribution in [1.29, 1.82) is 0 Å². The second-order valence-electron chi connectivity index (χ2n) is 8.51. The van der Waals surface area contributed by atoms with Crippen LogP contribution < -0.4 is 0 Å². The zero-order valence-corrected chi connectivity index (χ0v) is 16.0. The van der Waals surface area contributed by atoms with Crippen LogP contribution >= 0.6 is 0 Å². The molecule has 7 unspecified atom stereocenters. The second kappa shape index (κ2) is 5.65. The van der Waals surface area contributed by atoms with Crippen LogP contribution in [0.15, 0.2) is 23.5 Å². The number of ether oxygens (including phenoxy) is 3. The maximum Gasteiger partial charge on any atom is 0.318 e. The Morgan fingerprint density at radius 3 is 2.67 bits per heavy atom. The molecule has 4 heterocycles. The summed E-state index contributed by atoms with van der Waals surface area (Å²) < 4.78 is 17.8. The fourth-order valence-electron chi connectivity index (χ4n) is 5.20. The zero-order valence-electron chi connectivity index (χ0n) is 16.0. The van der Waals surface area contributed by atoms with Gasteiger partial charge in [0.15, 0.2) is 5.60 Å². The molecule has 4 aliphatic heterocycles. The molecule has 2 bridgehead atoms. The lowest BCUT2D eigenvalue weighted by Crippen LogP contribution is -2.49. The smallest absolute Gasteiger partial charge is 0.318 e. The number of carbonyl (C=O) groups is 2. The maximum atomic E-state index is 12.9. The number of esters is 1. The number of rotatable bonds is 2. The van der Waals surface area contributed by atoms with Gasteiger partial charge >= 0.3 is 5.97 Å². The lowest BCUT2D eigenvalue weighted by atomic mass is 9.66. The molecule has 0 aliphatic carbocycles. The van der Waals surface area contributed by atoms with Crippen molar-refractivity contribution < 1.29 is 34.0 Å². The van der Waals surface area contributed by atoms with Gasteiger partial charge in [0.1, 0.15) is 17.3 Å². The molecule has 0 aromatic carbocycles. The van der Waals surface area contributed by atoms with Crippen LogP contribution in [0, 0.1) is 17.3 Å². The normalized spacial score (nSPS) is 49.0. The molecule has 27 heavy (non-hydrogen) atoms. The molecule has 4 rings (SSSR count). The van der Waals surface area contributed by atoms with Crippen molar-refractivity contribution in [2.75, 3.05) is 6.61 Å². The number of carbonyl (C=O) groups excluding carboxylic acids is 2. The highest BCUT2D eigenvalue weighted by Crippen LogP contribution is 2.61. The highest BCUT2D eigenvalue weighted by molar-refractivity contribution is 5.99. The van der Waals surface area contributed by atoms with E-state index in [4.69, 9.17) is 14.2 Å². The molecule has 3 saturated heterocycles. The van der Waals surface area contributed by atoms with Gasteiger partial charge in [-0.1, -0.05) is 6.08 Å². The molecule has 2 N–H and O–H groups in total. The maximum absolute atomic E-state index is 12.9. The van der Waals surface area contributed by atoms with E-state index in [2.05, 4.69) is 0 Å². The minimum absolute atomic E-state index is 0.191. The average molecular weight is 378 g/mol. The first kappa shape index (κ1) is 18.7. The minimum atomic E-state index is -1.81. The molecule has 0 amide bonds. The van der Waals surface area contributed by atoms with Crippen LogP contribution in [0.1, 0.15) is 40.5 Å². The van der Waals surface area contributed by atoms with Crippen molar-refractivity contribution in [3.05, 3.63) is 23.5 Å². The zero-order chi connectivity index (χ0) is 19.8. The SMILES string of the molecule is CC=C(C)C1(O)OC2CC3(C)OC(=CC3=O)C(CO)CC3OC(=O)C1(C)C32. The first-order valence-corrected chi connectivity index (χ1v) is 9.41. The topological polar surface area (TPSA) is 102 Å². The predicted octanol–water partition coefficient (Wildman–Crippen LogP) is 1.23. The van der Waals surface area contributed by atoms with Gasteiger partial charge in [-0.3, -0.25) is 9.59 Å². The van der Waals surface area contributed by atoms with Gasteiger partial charge in [0, 0.05) is 24.3 Å². The van der Waals surface area contributed by atoms with Crippen molar-refractivity contribution in [1.82, 2.24) is 0 Å². The van der Waals surface area contributed by atoms with Crippen LogP contribution in [0.2, 0.25) is 0 Å². The summed E-state index contributed by atoms with van der Waals surface area (Å²) in [5, 5.41) is 21.3. The van der Waals surface area contributed by atoms with Crippen LogP contribution in [-0.2, 0) is 23.8 Å². The molecule has 7 heteroatoms. The molecule has 0 aromatic heterocycles. The van der Waals surface area contributed by atoms with Gasteiger partial charge in [0.25, 0.3) is 0 Å². The number of hydrogen-bond acceptors (Lipinski definition) is 7. The second-order valence-corrected chi connectivity index (χ2v) is 8.51. The van der Waals surface area contributed by atoms with Crippen LogP contribution in [-0.4, -0.2) is 52.2 Å². The van der Waals surface area contributed by atoms with E-state index in [0.717, 1.165) is 0 Å². The standard InChI is InChI=1S/C20H26O7/c1-5-10(2)20(24)19(4)16-13(25-17(19)23)6-11(9-21)12-7-15(22)18(3,26-12)8-14(16)27-20/h5,7,11,13-14,16,21,24H,6,8-9H2,1-4H3. The first-order valence-electron chi connectivity index (χ1n) is 9.41. The molecular weight excluding hydrogens is 352 g/mol. The molecular formula is C20H26O7. The van der Waals surface area contributed by atoms with Crippen LogP contribution in [0.25, 0.3) is 0 Å². The molecule has 4 aliphatic rings. The molecule has 148 valence electrons. The van der Waals surface area contributed by atoms with Gasteiger partial charge in [-0.25, -0.2) is 0 Å². The lowest BCUT2D eigenvalue weighted by molar-refractivity contribution is -0.220. The van der Waals surface area contributed by atoms with Crippen LogP contribution in [0.3, 0.4) is 0 Å². The van der Waals surface area contributed by atoms with E-state index in [0.29, 0.717) is 17.8 Å². The molecule has 3 fully saturated rings. The summed E-state index contributed by atoms with van der Waals surface area (Å²) in [6.45, 7) is 6.61. The Balaban J connectivity index is 1.85. The van der Waals surface area contributed by atoms with Gasteiger partial charge in [-0.2, -0.15) is 0 Å². The summed E-state index contributed by atoms with van der Waals surface area (Å²) in [5.41, 5.74) is -1.92. The Bertz CT molecular complexity index is 770. The minimum Gasteiger partial charge on any atom is -0.483 e. The Kier molecular flexibility index (Phi) is 3.91. The summed E-state index contributed by atoms with van der Waals surface area (Å²) in [6.07, 6.45) is 2.50. The number of aliphatic hydroxyl groups excluding tert-OH is 1. The van der Waals surface area contributed by atoms with Crippen LogP contribution in [0.5, 0.6) is 0 Å². The predicted molar refractivity (Wildman–Crippen MR) is 93.1 cm³/mol. The van der Waals surface area contributed by atoms with Crippen molar-refractivity contribution >= 4 is 11.8 Å². The number of hydrogen-bond donors (Lipinski definition) is 2. The van der Waals surface area contributed by atoms with E-state index in [1.165, 1.54) is 6.08 Å². The molecule has 0 aromatic rings. The fourth-order valence-corrected chi connectivity index (χ4v) is 5.20. The highest BCUT2D eigenvalue weighted by Gasteiger charge is 2.74. The fraction of sp³-hybridized carbons (Fsp3) is 0.700. The third-order valence-corrected chi connectivity index (χ3v) is 7.01. The number of ketones is 1. The lowest BCUT2D eigenvalue weighted by Gasteiger charge is -2.35. The van der Waals surface area contributed by atoms with E-state index in [-0.39, 0.29) is 18.8 Å². The largest absolute Gasteiger partial charge is 0.483 e. The summed E-state index contributed by atoms with van der Waals surface area (Å²) in [4.78, 5) is 25.5. The molecule has 0 saturated carbocycles. The Morgan fingerprint density at radius 1 is 1.33 bits per heavy atom. The van der Waals surface area contributed by atoms with Gasteiger partial charge in [0.2, 0.25) is 11.6 Å². The van der Waals surface area contributed by atoms with E-state index in [9.17, 15) is 19.8 Å². The van der Waals surface area contributed by atoms with Crippen molar-refractivity contribution in [2.24, 2.45) is 17.3 Å². The van der Waals surface area contributed by atoms with E-state index >= 15 is 0 Å².